The van der Waals surface area contributed by atoms with Gasteiger partial charge in [-0.15, -0.1) is 0 Å². The van der Waals surface area contributed by atoms with Crippen molar-refractivity contribution in [3.05, 3.63) is 82.9 Å². The van der Waals surface area contributed by atoms with Gasteiger partial charge in [-0.05, 0) is 92.7 Å². The van der Waals surface area contributed by atoms with E-state index in [1.165, 1.54) is 10.5 Å². The fourth-order valence-corrected chi connectivity index (χ4v) is 9.89. The van der Waals surface area contributed by atoms with Crippen LogP contribution >= 0.6 is 0 Å². The first-order valence-corrected chi connectivity index (χ1v) is 15.9. The molecule has 6 nitrogen and oxygen atoms in total. The summed E-state index contributed by atoms with van der Waals surface area (Å²) >= 11 is 0. The predicted molar refractivity (Wildman–Crippen MR) is 160 cm³/mol. The van der Waals surface area contributed by atoms with E-state index < -0.39 is 16.6 Å². The number of rotatable bonds is 6. The SMILES string of the molecule is C[C@]12CC[C@H]3[C@@H](CCC4=C[C@@H](OCCCN5C(=O)c6ccccc6C5=O)CC[C@@]43C)[C@@]1(O)CC[C@]2(O)c1ccccc1. The standard InChI is InChI=1S/C36H43NO5/c1-33-17-15-26(42-22-8-21-37-31(38)27-11-6-7-12-28(27)32(37)39)23-25(33)13-14-30-29(33)16-18-34(2)35(40,19-20-36(30,34)41)24-9-4-3-5-10-24/h3-7,9-12,23,26,29-30,40-41H,8,13-22H2,1-2H3/t26-,29-,30+,33-,34+,35-,36-/m0/s1. The Morgan fingerprint density at radius 2 is 1.52 bits per heavy atom. The van der Waals surface area contributed by atoms with E-state index in [0.29, 0.717) is 49.5 Å². The Kier molecular flexibility index (Phi) is 6.58. The lowest BCUT2D eigenvalue weighted by Crippen LogP contribution is -2.63. The Hall–Kier alpha value is -2.80. The quantitative estimate of drug-likeness (QED) is 0.252. The van der Waals surface area contributed by atoms with Gasteiger partial charge in [0.2, 0.25) is 0 Å². The van der Waals surface area contributed by atoms with Crippen molar-refractivity contribution in [3.8, 4) is 0 Å². The summed E-state index contributed by atoms with van der Waals surface area (Å²) in [5.74, 6) is 0.145. The minimum Gasteiger partial charge on any atom is -0.389 e. The van der Waals surface area contributed by atoms with E-state index in [1.807, 2.05) is 30.3 Å². The first-order valence-electron chi connectivity index (χ1n) is 15.9. The monoisotopic (exact) mass is 569 g/mol. The molecule has 0 unspecified atom stereocenters. The lowest BCUT2D eigenvalue weighted by molar-refractivity contribution is -0.222. The zero-order valence-corrected chi connectivity index (χ0v) is 24.9. The fraction of sp³-hybridized carbons (Fsp3) is 0.556. The molecule has 42 heavy (non-hydrogen) atoms. The van der Waals surface area contributed by atoms with Crippen LogP contribution in [-0.2, 0) is 10.3 Å². The third-order valence-corrected chi connectivity index (χ3v) is 12.4. The molecule has 1 aliphatic heterocycles. The Balaban J connectivity index is 1.01. The zero-order valence-electron chi connectivity index (χ0n) is 24.9. The normalized spacial score (nSPS) is 38.9. The Bertz CT molecular complexity index is 1400. The van der Waals surface area contributed by atoms with Crippen molar-refractivity contribution in [2.24, 2.45) is 22.7 Å². The maximum atomic E-state index is 12.7. The smallest absolute Gasteiger partial charge is 0.261 e. The maximum absolute atomic E-state index is 12.7. The maximum Gasteiger partial charge on any atom is 0.261 e. The fourth-order valence-electron chi connectivity index (χ4n) is 9.89. The largest absolute Gasteiger partial charge is 0.389 e. The molecule has 3 saturated carbocycles. The van der Waals surface area contributed by atoms with Crippen LogP contribution < -0.4 is 0 Å². The average Bonchev–Trinajstić information content (AvgIpc) is 3.38. The average molecular weight is 570 g/mol. The van der Waals surface area contributed by atoms with Crippen LogP contribution in [-0.4, -0.2) is 51.8 Å². The molecule has 5 aliphatic rings. The van der Waals surface area contributed by atoms with E-state index >= 15 is 0 Å². The number of hydrogen-bond donors (Lipinski definition) is 2. The van der Waals surface area contributed by atoms with Crippen LogP contribution in [0.3, 0.4) is 0 Å². The van der Waals surface area contributed by atoms with Crippen molar-refractivity contribution >= 4 is 11.8 Å². The van der Waals surface area contributed by atoms with E-state index in [-0.39, 0.29) is 29.3 Å². The van der Waals surface area contributed by atoms with E-state index in [4.69, 9.17) is 4.74 Å². The summed E-state index contributed by atoms with van der Waals surface area (Å²) in [6, 6.07) is 17.0. The molecule has 2 aromatic rings. The number of carbonyl (C=O) groups excluding carboxylic acids is 2. The summed E-state index contributed by atoms with van der Waals surface area (Å²) in [6.07, 6.45) is 9.92. The van der Waals surface area contributed by atoms with Gasteiger partial charge in [-0.25, -0.2) is 0 Å². The van der Waals surface area contributed by atoms with Crippen LogP contribution in [0.2, 0.25) is 0 Å². The highest BCUT2D eigenvalue weighted by atomic mass is 16.5. The number of ether oxygens (including phenoxy) is 1. The first-order chi connectivity index (χ1) is 20.1. The second-order valence-corrected chi connectivity index (χ2v) is 14.0. The molecule has 0 bridgehead atoms. The number of allylic oxidation sites excluding steroid dienone is 1. The molecule has 0 radical (unpaired) electrons. The van der Waals surface area contributed by atoms with Crippen molar-refractivity contribution in [2.45, 2.75) is 88.9 Å². The molecule has 3 fully saturated rings. The summed E-state index contributed by atoms with van der Waals surface area (Å²) in [5, 5.41) is 24.6. The number of amides is 2. The van der Waals surface area contributed by atoms with E-state index in [2.05, 4.69) is 19.9 Å². The number of hydrogen-bond acceptors (Lipinski definition) is 5. The Morgan fingerprint density at radius 1 is 0.833 bits per heavy atom. The minimum absolute atomic E-state index is 0.0352. The van der Waals surface area contributed by atoms with Crippen molar-refractivity contribution in [3.63, 3.8) is 0 Å². The highest BCUT2D eigenvalue weighted by Crippen LogP contribution is 2.71. The first kappa shape index (κ1) is 28.0. The minimum atomic E-state index is -1.01. The third-order valence-electron chi connectivity index (χ3n) is 12.4. The van der Waals surface area contributed by atoms with Gasteiger partial charge in [-0.1, -0.05) is 68.0 Å². The van der Waals surface area contributed by atoms with Gasteiger partial charge in [0, 0.05) is 18.6 Å². The van der Waals surface area contributed by atoms with E-state index in [9.17, 15) is 19.8 Å². The second-order valence-electron chi connectivity index (χ2n) is 14.0. The molecule has 2 aromatic carbocycles. The molecule has 0 saturated heterocycles. The lowest BCUT2D eigenvalue weighted by Gasteiger charge is -2.62. The number of fused-ring (bicyclic) bond motifs is 6. The molecular formula is C36H43NO5. The van der Waals surface area contributed by atoms with Gasteiger partial charge in [0.15, 0.2) is 0 Å². The number of nitrogens with zero attached hydrogens (tertiary/aromatic N) is 1. The third kappa shape index (κ3) is 3.80. The van der Waals surface area contributed by atoms with Gasteiger partial charge >= 0.3 is 0 Å². The molecule has 7 atom stereocenters. The molecule has 7 rings (SSSR count). The van der Waals surface area contributed by atoms with Crippen LogP contribution in [0.25, 0.3) is 0 Å². The Labute approximate surface area is 248 Å². The molecule has 2 amide bonds. The number of benzene rings is 2. The lowest BCUT2D eigenvalue weighted by atomic mass is 9.44. The number of imide groups is 1. The van der Waals surface area contributed by atoms with Crippen LogP contribution in [0.15, 0.2) is 66.2 Å². The second kappa shape index (κ2) is 9.87. The zero-order chi connectivity index (χ0) is 29.3. The number of carbonyl (C=O) groups is 2. The predicted octanol–water partition coefficient (Wildman–Crippen LogP) is 6.02. The summed E-state index contributed by atoms with van der Waals surface area (Å²) in [5.41, 5.74) is 0.952. The summed E-state index contributed by atoms with van der Waals surface area (Å²) in [6.45, 7) is 5.41. The molecule has 0 aromatic heterocycles. The van der Waals surface area contributed by atoms with Gasteiger partial charge in [-0.2, -0.15) is 0 Å². The van der Waals surface area contributed by atoms with Crippen LogP contribution in [0.5, 0.6) is 0 Å². The van der Waals surface area contributed by atoms with Gasteiger partial charge in [0.1, 0.15) is 0 Å². The highest BCUT2D eigenvalue weighted by molar-refractivity contribution is 6.21. The molecule has 6 heteroatoms. The summed E-state index contributed by atoms with van der Waals surface area (Å²) in [4.78, 5) is 26.6. The van der Waals surface area contributed by atoms with Crippen LogP contribution in [0.1, 0.15) is 97.9 Å². The van der Waals surface area contributed by atoms with Crippen LogP contribution in [0, 0.1) is 22.7 Å². The molecule has 2 N–H and O–H groups in total. The number of aliphatic hydroxyl groups is 2. The Morgan fingerprint density at radius 3 is 2.24 bits per heavy atom. The van der Waals surface area contributed by atoms with E-state index in [0.717, 1.165) is 44.1 Å². The molecule has 1 heterocycles. The highest BCUT2D eigenvalue weighted by Gasteiger charge is 2.71. The van der Waals surface area contributed by atoms with Crippen molar-refractivity contribution in [1.29, 1.82) is 0 Å². The molecule has 222 valence electrons. The summed E-state index contributed by atoms with van der Waals surface area (Å²) in [7, 11) is 0. The van der Waals surface area contributed by atoms with Gasteiger partial charge in [0.05, 0.1) is 28.4 Å². The molecular weight excluding hydrogens is 526 g/mol. The van der Waals surface area contributed by atoms with Crippen molar-refractivity contribution < 1.29 is 24.5 Å². The van der Waals surface area contributed by atoms with E-state index in [1.54, 1.807) is 24.3 Å². The molecule has 0 spiro atoms. The van der Waals surface area contributed by atoms with Gasteiger partial charge in [0.25, 0.3) is 11.8 Å². The van der Waals surface area contributed by atoms with Crippen LogP contribution in [0.4, 0.5) is 0 Å². The van der Waals surface area contributed by atoms with Gasteiger partial charge in [-0.3, -0.25) is 14.5 Å². The molecule has 4 aliphatic carbocycles. The van der Waals surface area contributed by atoms with Crippen molar-refractivity contribution in [1.82, 2.24) is 4.90 Å². The van der Waals surface area contributed by atoms with Gasteiger partial charge < -0.3 is 14.9 Å². The topological polar surface area (TPSA) is 87.1 Å². The van der Waals surface area contributed by atoms with Crippen molar-refractivity contribution in [2.75, 3.05) is 13.2 Å². The summed E-state index contributed by atoms with van der Waals surface area (Å²) < 4.78 is 6.29.